The molecule has 1 fully saturated rings. The summed E-state index contributed by atoms with van der Waals surface area (Å²) in [5, 5.41) is 11.1. The Bertz CT molecular complexity index is 1430. The molecular weight excluding hydrogens is 628 g/mol. The van der Waals surface area contributed by atoms with Crippen molar-refractivity contribution in [1.29, 1.82) is 0 Å². The lowest BCUT2D eigenvalue weighted by atomic mass is 9.81. The predicted octanol–water partition coefficient (Wildman–Crippen LogP) is 5.14. The van der Waals surface area contributed by atoms with Gasteiger partial charge in [0, 0.05) is 29.6 Å². The molecule has 2 aromatic carbocycles. The number of anilines is 1. The predicted molar refractivity (Wildman–Crippen MR) is 171 cm³/mol. The van der Waals surface area contributed by atoms with Gasteiger partial charge in [-0.2, -0.15) is 0 Å². The maximum absolute atomic E-state index is 14.0. The number of aromatic nitrogens is 3. The van der Waals surface area contributed by atoms with Gasteiger partial charge in [-0.15, -0.1) is 10.2 Å². The molecule has 0 bridgehead atoms. The van der Waals surface area contributed by atoms with E-state index in [1.807, 2.05) is 45.0 Å². The third kappa shape index (κ3) is 9.20. The van der Waals surface area contributed by atoms with Crippen molar-refractivity contribution in [1.82, 2.24) is 20.5 Å². The van der Waals surface area contributed by atoms with Crippen LogP contribution in [0.3, 0.4) is 0 Å². The number of ether oxygens (including phenoxy) is 2. The summed E-state index contributed by atoms with van der Waals surface area (Å²) in [4.78, 5) is 44.3. The topological polar surface area (TPSA) is 153 Å². The van der Waals surface area contributed by atoms with Crippen molar-refractivity contribution in [2.24, 2.45) is 17.6 Å². The van der Waals surface area contributed by atoms with Gasteiger partial charge in [0.15, 0.2) is 11.6 Å². The number of imide groups is 1. The zero-order valence-electron chi connectivity index (χ0n) is 25.6. The van der Waals surface area contributed by atoms with E-state index >= 15 is 0 Å². The lowest BCUT2D eigenvalue weighted by molar-refractivity contribution is -0.130. The third-order valence-corrected chi connectivity index (χ3v) is 7.94. The minimum absolute atomic E-state index is 0.221. The Balaban J connectivity index is 1.49. The molecule has 0 unspecified atom stereocenters. The maximum Gasteiger partial charge on any atom is 0.407 e. The molecule has 0 aliphatic heterocycles. The van der Waals surface area contributed by atoms with E-state index in [1.54, 1.807) is 31.4 Å². The summed E-state index contributed by atoms with van der Waals surface area (Å²) in [6.07, 6.45) is 2.52. The number of nitrogens with one attached hydrogen (secondary N) is 2. The Morgan fingerprint density at radius 1 is 1.09 bits per heavy atom. The number of nitrogens with two attached hydrogens (primary N) is 1. The van der Waals surface area contributed by atoms with E-state index in [1.165, 1.54) is 4.90 Å². The van der Waals surface area contributed by atoms with Gasteiger partial charge in [0.25, 0.3) is 5.91 Å². The molecule has 1 aliphatic carbocycles. The largest absolute Gasteiger partial charge is 0.444 e. The molecule has 1 heterocycles. The summed E-state index contributed by atoms with van der Waals surface area (Å²) in [6, 6.07) is 13.7. The monoisotopic (exact) mass is 668 g/mol. The molecule has 1 aliphatic rings. The summed E-state index contributed by atoms with van der Waals surface area (Å²) in [5.41, 5.74) is 7.96. The number of nitrogens with zero attached hydrogens (tertiary/aromatic N) is 3. The van der Waals surface area contributed by atoms with Gasteiger partial charge in [-0.25, -0.2) is 9.69 Å². The highest BCUT2D eigenvalue weighted by atomic mass is 79.9. The number of methoxy groups -OCH3 is 1. The van der Waals surface area contributed by atoms with Crippen molar-refractivity contribution in [2.45, 2.75) is 71.1 Å². The fourth-order valence-electron chi connectivity index (χ4n) is 5.27. The van der Waals surface area contributed by atoms with Crippen LogP contribution >= 0.6 is 15.9 Å². The third-order valence-electron chi connectivity index (χ3n) is 7.45. The summed E-state index contributed by atoms with van der Waals surface area (Å²) < 4.78 is 11.3. The molecule has 0 radical (unpaired) electrons. The summed E-state index contributed by atoms with van der Waals surface area (Å²) >= 11 is 3.46. The zero-order chi connectivity index (χ0) is 31.9. The average Bonchev–Trinajstić information content (AvgIpc) is 3.45. The minimum Gasteiger partial charge on any atom is -0.444 e. The number of hydrogen-bond donors (Lipinski definition) is 3. The molecule has 1 atom stereocenters. The van der Waals surface area contributed by atoms with Crippen LogP contribution in [0.15, 0.2) is 53.0 Å². The van der Waals surface area contributed by atoms with Gasteiger partial charge in [-0.05, 0) is 101 Å². The second-order valence-corrected chi connectivity index (χ2v) is 13.1. The first-order valence-electron chi connectivity index (χ1n) is 14.8. The number of H-pyrrole nitrogens is 1. The van der Waals surface area contributed by atoms with Crippen LogP contribution in [-0.4, -0.2) is 58.4 Å². The first-order valence-corrected chi connectivity index (χ1v) is 15.6. The molecule has 0 saturated heterocycles. The normalized spacial score (nSPS) is 17.5. The number of carbonyl (C=O) groups is 3. The van der Waals surface area contributed by atoms with Crippen molar-refractivity contribution in [3.63, 3.8) is 0 Å². The van der Waals surface area contributed by atoms with Crippen LogP contribution in [0, 0.1) is 11.8 Å². The van der Waals surface area contributed by atoms with E-state index in [9.17, 15) is 14.4 Å². The second kappa shape index (κ2) is 14.9. The summed E-state index contributed by atoms with van der Waals surface area (Å²) in [7, 11) is 1.58. The van der Waals surface area contributed by atoms with E-state index in [0.29, 0.717) is 43.3 Å². The van der Waals surface area contributed by atoms with Gasteiger partial charge in [0.1, 0.15) is 12.2 Å². The van der Waals surface area contributed by atoms with Gasteiger partial charge in [-0.3, -0.25) is 9.59 Å². The lowest BCUT2D eigenvalue weighted by Gasteiger charge is -2.32. The van der Waals surface area contributed by atoms with Gasteiger partial charge in [0.05, 0.1) is 11.7 Å². The Morgan fingerprint density at radius 3 is 2.43 bits per heavy atom. The van der Waals surface area contributed by atoms with E-state index in [2.05, 4.69) is 36.4 Å². The van der Waals surface area contributed by atoms with E-state index in [0.717, 1.165) is 28.4 Å². The molecule has 236 valence electrons. The fourth-order valence-corrected chi connectivity index (χ4v) is 5.72. The molecule has 3 amide bonds. The molecular formula is C32H41BrN6O5. The molecule has 1 saturated carbocycles. The van der Waals surface area contributed by atoms with Crippen LogP contribution in [0.25, 0.3) is 11.4 Å². The number of rotatable bonds is 10. The van der Waals surface area contributed by atoms with Crippen molar-refractivity contribution in [3.8, 4) is 11.4 Å². The van der Waals surface area contributed by atoms with Crippen molar-refractivity contribution >= 4 is 39.5 Å². The molecule has 44 heavy (non-hydrogen) atoms. The molecule has 1 aromatic heterocycles. The number of hydrogen-bond acceptors (Lipinski definition) is 8. The van der Waals surface area contributed by atoms with Crippen molar-refractivity contribution in [3.05, 3.63) is 64.4 Å². The first kappa shape index (κ1) is 33.3. The zero-order valence-corrected chi connectivity index (χ0v) is 27.2. The van der Waals surface area contributed by atoms with Crippen molar-refractivity contribution in [2.75, 3.05) is 18.6 Å². The molecule has 11 nitrogen and oxygen atoms in total. The van der Waals surface area contributed by atoms with Crippen LogP contribution in [-0.2, 0) is 32.1 Å². The van der Waals surface area contributed by atoms with Crippen LogP contribution in [0.1, 0.15) is 57.8 Å². The Kier molecular flexibility index (Phi) is 11.3. The average molecular weight is 670 g/mol. The Labute approximate surface area is 266 Å². The highest BCUT2D eigenvalue weighted by molar-refractivity contribution is 9.10. The summed E-state index contributed by atoms with van der Waals surface area (Å²) in [5.74, 6) is 0.289. The van der Waals surface area contributed by atoms with Crippen LogP contribution < -0.4 is 16.0 Å². The fraction of sp³-hybridized carbons (Fsp3) is 0.469. The van der Waals surface area contributed by atoms with Crippen LogP contribution in [0.2, 0.25) is 0 Å². The highest BCUT2D eigenvalue weighted by Crippen LogP contribution is 2.32. The number of halogens is 1. The second-order valence-electron chi connectivity index (χ2n) is 12.2. The quantitative estimate of drug-likeness (QED) is 0.268. The maximum atomic E-state index is 14.0. The Morgan fingerprint density at radius 2 is 1.80 bits per heavy atom. The number of carbonyl (C=O) groups excluding carboxylic acids is 3. The first-order chi connectivity index (χ1) is 20.9. The highest BCUT2D eigenvalue weighted by Gasteiger charge is 2.35. The van der Waals surface area contributed by atoms with E-state index in [4.69, 9.17) is 15.2 Å². The van der Waals surface area contributed by atoms with Gasteiger partial charge >= 0.3 is 6.09 Å². The standard InChI is InChI=1S/C32H41BrN6O5/c1-32(2,3)44-31(42)35-18-20-8-10-23(11-9-20)29(40)39(30(41)26(34)17-21-6-5-7-24(33)16-21)25-14-12-22(13-15-25)28-36-27(19-43-4)37-38-28/h5-7,12-16,20,23,26H,8-11,17-19,34H2,1-4H3,(H,35,42)(H,36,37,38)/t20-,23-,26-/m0/s1. The Hall–Kier alpha value is -3.61. The SMILES string of the molecule is COCc1nnc(-c2ccc(N(C(=O)[C@@H](N)Cc3cccc(Br)c3)C(=O)[C@H]3CC[C@H](CNC(=O)OC(C)(C)C)CC3)cc2)[nH]1. The van der Waals surface area contributed by atoms with Gasteiger partial charge < -0.3 is 25.5 Å². The van der Waals surface area contributed by atoms with E-state index in [-0.39, 0.29) is 24.2 Å². The molecule has 0 spiro atoms. The van der Waals surface area contributed by atoms with Gasteiger partial charge in [-0.1, -0.05) is 28.1 Å². The number of amides is 3. The van der Waals surface area contributed by atoms with Crippen LogP contribution in [0.5, 0.6) is 0 Å². The number of benzene rings is 2. The van der Waals surface area contributed by atoms with E-state index < -0.39 is 23.6 Å². The summed E-state index contributed by atoms with van der Waals surface area (Å²) in [6.45, 7) is 6.24. The molecule has 3 aromatic rings. The van der Waals surface area contributed by atoms with Crippen LogP contribution in [0.4, 0.5) is 10.5 Å². The van der Waals surface area contributed by atoms with Gasteiger partial charge in [0.2, 0.25) is 5.91 Å². The van der Waals surface area contributed by atoms with Crippen molar-refractivity contribution < 1.29 is 23.9 Å². The molecule has 12 heteroatoms. The number of alkyl carbamates (subject to hydrolysis) is 1. The number of aromatic amines is 1. The minimum atomic E-state index is -0.923. The lowest BCUT2D eigenvalue weighted by Crippen LogP contribution is -2.50. The molecule has 4 N–H and O–H groups in total. The molecule has 4 rings (SSSR count). The smallest absolute Gasteiger partial charge is 0.407 e.